The Bertz CT molecular complexity index is 1380. The maximum atomic E-state index is 13.2. The highest BCUT2D eigenvalue weighted by Crippen LogP contribution is 2.24. The molecule has 0 spiro atoms. The normalized spacial score (nSPS) is 19.5. The van der Waals surface area contributed by atoms with Gasteiger partial charge in [0.2, 0.25) is 5.91 Å². The SMILES string of the molecule is CCCCCCCCCCCCCCCC/C=C/CC/C=C/CC/C=C/CCCC(O)C(O)C(COC1OC(CO)C(O)C(O)C1O)NC(=O)C(O)CCCCCCCCCCCCCCCCCCCCCCCCCCC. The van der Waals surface area contributed by atoms with Gasteiger partial charge in [-0.15, -0.1) is 0 Å². The second-order valence-electron chi connectivity index (χ2n) is 23.9. The van der Waals surface area contributed by atoms with Crippen LogP contribution in [-0.4, -0.2) is 110 Å². The first-order valence-corrected chi connectivity index (χ1v) is 33.9. The molecule has 79 heavy (non-hydrogen) atoms. The van der Waals surface area contributed by atoms with Crippen molar-refractivity contribution in [2.24, 2.45) is 0 Å². The highest BCUT2D eigenvalue weighted by molar-refractivity contribution is 5.80. The van der Waals surface area contributed by atoms with E-state index >= 15 is 0 Å². The zero-order valence-electron chi connectivity index (χ0n) is 51.4. The standard InChI is InChI=1S/C68H129NO10/c1-3-5-7-9-11-13-15-17-19-21-23-25-27-29-30-32-33-35-37-39-41-43-45-47-49-51-53-55-60(71)63(73)59(58-78-68-66(76)65(75)64(74)62(57-70)79-68)69-67(77)61(72)56-54-52-50-48-46-44-42-40-38-36-34-31-28-26-24-22-20-18-16-14-12-10-8-6-4-2/h32-33,39,41,47,49,59-66,68,70-76H,3-31,34-38,40,42-46,48,50-58H2,1-2H3,(H,69,77)/b33-32+,41-39+,49-47+. The minimum Gasteiger partial charge on any atom is -0.394 e. The predicted octanol–water partition coefficient (Wildman–Crippen LogP) is 15.8. The number of unbranched alkanes of at least 4 members (excludes halogenated alkanes) is 41. The molecule has 466 valence electrons. The van der Waals surface area contributed by atoms with Gasteiger partial charge >= 0.3 is 0 Å². The van der Waals surface area contributed by atoms with Crippen LogP contribution in [0, 0.1) is 0 Å². The molecule has 8 N–H and O–H groups in total. The summed E-state index contributed by atoms with van der Waals surface area (Å²) in [4.78, 5) is 13.2. The molecule has 1 heterocycles. The number of aliphatic hydroxyl groups excluding tert-OH is 7. The Kier molecular flexibility index (Phi) is 54.2. The Morgan fingerprint density at radius 1 is 0.430 bits per heavy atom. The van der Waals surface area contributed by atoms with Gasteiger partial charge in [0.25, 0.3) is 0 Å². The highest BCUT2D eigenvalue weighted by atomic mass is 16.7. The van der Waals surface area contributed by atoms with Gasteiger partial charge in [0.05, 0.1) is 25.4 Å². The van der Waals surface area contributed by atoms with E-state index in [2.05, 4.69) is 55.6 Å². The smallest absolute Gasteiger partial charge is 0.249 e. The molecule has 1 saturated heterocycles. The van der Waals surface area contributed by atoms with Crippen molar-refractivity contribution < 1.29 is 50.0 Å². The fourth-order valence-corrected chi connectivity index (χ4v) is 10.9. The number of carbonyl (C=O) groups is 1. The molecule has 11 heteroatoms. The Labute approximate surface area is 486 Å². The van der Waals surface area contributed by atoms with Crippen LogP contribution in [0.1, 0.15) is 322 Å². The van der Waals surface area contributed by atoms with Crippen molar-refractivity contribution in [2.45, 2.75) is 377 Å². The molecule has 1 rings (SSSR count). The van der Waals surface area contributed by atoms with Crippen molar-refractivity contribution in [1.29, 1.82) is 0 Å². The van der Waals surface area contributed by atoms with Crippen molar-refractivity contribution >= 4 is 5.91 Å². The summed E-state index contributed by atoms with van der Waals surface area (Å²) in [5, 5.41) is 76.4. The number of amides is 1. The quantitative estimate of drug-likeness (QED) is 0.0215. The third-order valence-corrected chi connectivity index (χ3v) is 16.4. The molecule has 1 fully saturated rings. The van der Waals surface area contributed by atoms with Gasteiger partial charge in [-0.1, -0.05) is 294 Å². The fourth-order valence-electron chi connectivity index (χ4n) is 10.9. The average Bonchev–Trinajstić information content (AvgIpc) is 3.46. The summed E-state index contributed by atoms with van der Waals surface area (Å²) >= 11 is 0. The van der Waals surface area contributed by atoms with Crippen molar-refractivity contribution in [3.05, 3.63) is 36.5 Å². The van der Waals surface area contributed by atoms with E-state index in [9.17, 15) is 40.5 Å². The van der Waals surface area contributed by atoms with Gasteiger partial charge in [0.15, 0.2) is 6.29 Å². The van der Waals surface area contributed by atoms with Crippen LogP contribution in [-0.2, 0) is 14.3 Å². The molecule has 0 radical (unpaired) electrons. The van der Waals surface area contributed by atoms with Crippen LogP contribution in [0.2, 0.25) is 0 Å². The largest absolute Gasteiger partial charge is 0.394 e. The molecular weight excluding hydrogens is 991 g/mol. The van der Waals surface area contributed by atoms with E-state index in [1.54, 1.807) is 0 Å². The molecule has 0 aromatic rings. The van der Waals surface area contributed by atoms with Crippen molar-refractivity contribution in [3.8, 4) is 0 Å². The van der Waals surface area contributed by atoms with Crippen molar-refractivity contribution in [3.63, 3.8) is 0 Å². The zero-order valence-corrected chi connectivity index (χ0v) is 51.4. The summed E-state index contributed by atoms with van der Waals surface area (Å²) < 4.78 is 11.2. The van der Waals surface area contributed by atoms with Gasteiger partial charge in [-0.2, -0.15) is 0 Å². The van der Waals surface area contributed by atoms with Gasteiger partial charge in [-0.25, -0.2) is 0 Å². The number of hydrogen-bond acceptors (Lipinski definition) is 10. The van der Waals surface area contributed by atoms with Gasteiger partial charge in [-0.3, -0.25) is 4.79 Å². The molecule has 1 amide bonds. The number of rotatable bonds is 59. The molecule has 0 aliphatic carbocycles. The van der Waals surface area contributed by atoms with E-state index in [0.717, 1.165) is 44.9 Å². The number of ether oxygens (including phenoxy) is 2. The summed E-state index contributed by atoms with van der Waals surface area (Å²) in [6.07, 6.45) is 60.8. The molecule has 0 saturated carbocycles. The van der Waals surface area contributed by atoms with E-state index in [4.69, 9.17) is 9.47 Å². The first kappa shape index (κ1) is 75.3. The maximum Gasteiger partial charge on any atom is 0.249 e. The summed E-state index contributed by atoms with van der Waals surface area (Å²) in [6, 6.07) is -1.19. The third-order valence-electron chi connectivity index (χ3n) is 16.4. The van der Waals surface area contributed by atoms with Crippen molar-refractivity contribution in [2.75, 3.05) is 13.2 Å². The lowest BCUT2D eigenvalue weighted by atomic mass is 9.98. The van der Waals surface area contributed by atoms with Crippen LogP contribution in [0.4, 0.5) is 0 Å². The molecule has 1 aliphatic rings. The van der Waals surface area contributed by atoms with Gasteiger partial charge in [0.1, 0.15) is 36.6 Å². The lowest BCUT2D eigenvalue weighted by Gasteiger charge is -2.40. The van der Waals surface area contributed by atoms with Crippen LogP contribution >= 0.6 is 0 Å². The van der Waals surface area contributed by atoms with E-state index in [1.807, 2.05) is 0 Å². The molecule has 11 nitrogen and oxygen atoms in total. The lowest BCUT2D eigenvalue weighted by Crippen LogP contribution is -2.60. The molecule has 0 bridgehead atoms. The van der Waals surface area contributed by atoms with Gasteiger partial charge < -0.3 is 50.5 Å². The summed E-state index contributed by atoms with van der Waals surface area (Å²) in [7, 11) is 0. The zero-order chi connectivity index (χ0) is 57.5. The number of allylic oxidation sites excluding steroid dienone is 6. The average molecular weight is 1120 g/mol. The third kappa shape index (κ3) is 44.5. The summed E-state index contributed by atoms with van der Waals surface area (Å²) in [5.41, 5.74) is 0. The number of aliphatic hydroxyl groups is 7. The molecule has 9 atom stereocenters. The molecule has 0 aromatic carbocycles. The van der Waals surface area contributed by atoms with Crippen LogP contribution in [0.15, 0.2) is 36.5 Å². The van der Waals surface area contributed by atoms with Crippen molar-refractivity contribution in [1.82, 2.24) is 5.32 Å². The second kappa shape index (κ2) is 56.8. The van der Waals surface area contributed by atoms with Gasteiger partial charge in [-0.05, 0) is 64.2 Å². The molecule has 9 unspecified atom stereocenters. The minimum absolute atomic E-state index is 0.243. The molecule has 1 aliphatic heterocycles. The Balaban J connectivity index is 2.26. The van der Waals surface area contributed by atoms with Crippen LogP contribution < -0.4 is 5.32 Å². The van der Waals surface area contributed by atoms with E-state index < -0.39 is 74.2 Å². The monoisotopic (exact) mass is 1120 g/mol. The number of hydrogen-bond donors (Lipinski definition) is 8. The summed E-state index contributed by atoms with van der Waals surface area (Å²) in [6.45, 7) is 3.48. The van der Waals surface area contributed by atoms with Crippen LogP contribution in [0.5, 0.6) is 0 Å². The van der Waals surface area contributed by atoms with E-state index in [1.165, 1.54) is 231 Å². The minimum atomic E-state index is -1.67. The predicted molar refractivity (Wildman–Crippen MR) is 330 cm³/mol. The first-order chi connectivity index (χ1) is 38.7. The second-order valence-corrected chi connectivity index (χ2v) is 23.9. The van der Waals surface area contributed by atoms with E-state index in [0.29, 0.717) is 19.3 Å². The number of nitrogens with one attached hydrogen (secondary N) is 1. The first-order valence-electron chi connectivity index (χ1n) is 33.9. The van der Waals surface area contributed by atoms with Crippen LogP contribution in [0.25, 0.3) is 0 Å². The highest BCUT2D eigenvalue weighted by Gasteiger charge is 2.44. The topological polar surface area (TPSA) is 189 Å². The lowest BCUT2D eigenvalue weighted by molar-refractivity contribution is -0.303. The van der Waals surface area contributed by atoms with Gasteiger partial charge in [0, 0.05) is 0 Å². The fraction of sp³-hybridized carbons (Fsp3) is 0.897. The number of carbonyl (C=O) groups excluding carboxylic acids is 1. The Hall–Kier alpha value is -1.67. The molecule has 0 aromatic heterocycles. The van der Waals surface area contributed by atoms with Crippen LogP contribution in [0.3, 0.4) is 0 Å². The molecular formula is C68H129NO10. The maximum absolute atomic E-state index is 13.2. The summed E-state index contributed by atoms with van der Waals surface area (Å²) in [5.74, 6) is -0.707. The van der Waals surface area contributed by atoms with E-state index in [-0.39, 0.29) is 12.8 Å². The Morgan fingerprint density at radius 2 is 0.759 bits per heavy atom. The Morgan fingerprint density at radius 3 is 1.13 bits per heavy atom.